The van der Waals surface area contributed by atoms with Gasteiger partial charge in [-0.25, -0.2) is 10.8 Å². The maximum Gasteiger partial charge on any atom is 0.301 e. The van der Waals surface area contributed by atoms with Crippen molar-refractivity contribution in [3.8, 4) is 0 Å². The molecule has 1 amide bonds. The fourth-order valence-electron chi connectivity index (χ4n) is 2.09. The second-order valence-electron chi connectivity index (χ2n) is 4.43. The predicted octanol–water partition coefficient (Wildman–Crippen LogP) is -0.625. The summed E-state index contributed by atoms with van der Waals surface area (Å²) in [5.41, 5.74) is 2.79. The Kier molecular flexibility index (Phi) is 3.03. The highest BCUT2D eigenvalue weighted by molar-refractivity contribution is 5.92. The van der Waals surface area contributed by atoms with E-state index in [1.165, 1.54) is 28.0 Å². The summed E-state index contributed by atoms with van der Waals surface area (Å²) in [6, 6.07) is 1.60. The number of fused-ring (bicyclic) bond motifs is 1. The van der Waals surface area contributed by atoms with Crippen molar-refractivity contribution < 1.29 is 9.21 Å². The number of nitrogen functional groups attached to an aromatic ring is 1. The number of hydrazine groups is 1. The number of aromatic nitrogens is 4. The molecule has 3 N–H and O–H groups in total. The molecule has 0 aliphatic carbocycles. The summed E-state index contributed by atoms with van der Waals surface area (Å²) in [6.45, 7) is 0.149. The second kappa shape index (κ2) is 4.87. The van der Waals surface area contributed by atoms with Crippen LogP contribution < -0.4 is 16.8 Å². The van der Waals surface area contributed by atoms with Crippen LogP contribution >= 0.6 is 0 Å². The monoisotopic (exact) mass is 288 g/mol. The van der Waals surface area contributed by atoms with E-state index >= 15 is 0 Å². The van der Waals surface area contributed by atoms with Crippen molar-refractivity contribution in [3.63, 3.8) is 0 Å². The SMILES string of the molecule is Cn1ncc2c(=O)n(Cc3ccoc3C(=O)NN)cnc21. The molecule has 0 aromatic carbocycles. The Morgan fingerprint density at radius 3 is 3.10 bits per heavy atom. The molecule has 3 heterocycles. The summed E-state index contributed by atoms with van der Waals surface area (Å²) in [5.74, 6) is 4.59. The summed E-state index contributed by atoms with van der Waals surface area (Å²) >= 11 is 0. The van der Waals surface area contributed by atoms with Crippen molar-refractivity contribution in [2.24, 2.45) is 12.9 Å². The highest BCUT2D eigenvalue weighted by atomic mass is 16.3. The van der Waals surface area contributed by atoms with Crippen LogP contribution in [0.2, 0.25) is 0 Å². The lowest BCUT2D eigenvalue weighted by atomic mass is 10.2. The molecule has 0 bridgehead atoms. The molecule has 9 heteroatoms. The Hall–Kier alpha value is -2.94. The van der Waals surface area contributed by atoms with Gasteiger partial charge in [-0.05, 0) is 6.07 Å². The van der Waals surface area contributed by atoms with E-state index in [9.17, 15) is 9.59 Å². The van der Waals surface area contributed by atoms with Gasteiger partial charge in [-0.2, -0.15) is 5.10 Å². The molecular formula is C12H12N6O3. The van der Waals surface area contributed by atoms with Crippen LogP contribution in [-0.2, 0) is 13.6 Å². The van der Waals surface area contributed by atoms with E-state index in [0.717, 1.165) is 0 Å². The number of rotatable bonds is 3. The quantitative estimate of drug-likeness (QED) is 0.376. The number of amides is 1. The van der Waals surface area contributed by atoms with Crippen molar-refractivity contribution in [2.75, 3.05) is 0 Å². The van der Waals surface area contributed by atoms with E-state index in [1.807, 2.05) is 5.43 Å². The molecule has 0 atom stereocenters. The average Bonchev–Trinajstić information content (AvgIpc) is 3.09. The van der Waals surface area contributed by atoms with Gasteiger partial charge in [-0.3, -0.25) is 24.3 Å². The number of hydrogen-bond acceptors (Lipinski definition) is 6. The van der Waals surface area contributed by atoms with Gasteiger partial charge < -0.3 is 4.42 Å². The van der Waals surface area contributed by atoms with Crippen molar-refractivity contribution in [2.45, 2.75) is 6.54 Å². The lowest BCUT2D eigenvalue weighted by Gasteiger charge is -2.05. The summed E-state index contributed by atoms with van der Waals surface area (Å²) in [5, 5.41) is 4.41. The average molecular weight is 288 g/mol. The minimum atomic E-state index is -0.557. The zero-order valence-corrected chi connectivity index (χ0v) is 11.1. The summed E-state index contributed by atoms with van der Waals surface area (Å²) in [7, 11) is 1.71. The maximum atomic E-state index is 12.3. The van der Waals surface area contributed by atoms with Gasteiger partial charge in [0.1, 0.15) is 11.7 Å². The van der Waals surface area contributed by atoms with E-state index in [2.05, 4.69) is 10.1 Å². The van der Waals surface area contributed by atoms with Gasteiger partial charge in [0.2, 0.25) is 0 Å². The molecule has 21 heavy (non-hydrogen) atoms. The van der Waals surface area contributed by atoms with Crippen LogP contribution in [0.4, 0.5) is 0 Å². The summed E-state index contributed by atoms with van der Waals surface area (Å²) in [4.78, 5) is 28.1. The third-order valence-electron chi connectivity index (χ3n) is 3.14. The number of nitrogens with two attached hydrogens (primary N) is 1. The van der Waals surface area contributed by atoms with E-state index in [-0.39, 0.29) is 17.9 Å². The van der Waals surface area contributed by atoms with Crippen LogP contribution in [-0.4, -0.2) is 25.2 Å². The van der Waals surface area contributed by atoms with Crippen molar-refractivity contribution in [1.29, 1.82) is 0 Å². The molecule has 9 nitrogen and oxygen atoms in total. The van der Waals surface area contributed by atoms with Gasteiger partial charge in [-0.1, -0.05) is 0 Å². The summed E-state index contributed by atoms with van der Waals surface area (Å²) in [6.07, 6.45) is 4.23. The van der Waals surface area contributed by atoms with E-state index < -0.39 is 5.91 Å². The molecule has 0 saturated heterocycles. The fourth-order valence-corrected chi connectivity index (χ4v) is 2.09. The van der Waals surface area contributed by atoms with Gasteiger partial charge in [-0.15, -0.1) is 0 Å². The molecule has 3 aromatic heterocycles. The van der Waals surface area contributed by atoms with Crippen LogP contribution in [0.3, 0.4) is 0 Å². The molecule has 0 unspecified atom stereocenters. The van der Waals surface area contributed by atoms with Crippen molar-refractivity contribution in [3.05, 3.63) is 46.5 Å². The molecule has 0 spiro atoms. The van der Waals surface area contributed by atoms with Crippen LogP contribution in [0.5, 0.6) is 0 Å². The number of carbonyl (C=O) groups is 1. The third kappa shape index (κ3) is 2.09. The third-order valence-corrected chi connectivity index (χ3v) is 3.14. The molecule has 3 aromatic rings. The molecule has 0 aliphatic rings. The molecule has 0 fully saturated rings. The Morgan fingerprint density at radius 1 is 1.52 bits per heavy atom. The fraction of sp³-hybridized carbons (Fsp3) is 0.167. The minimum absolute atomic E-state index is 0.0654. The summed E-state index contributed by atoms with van der Waals surface area (Å²) < 4.78 is 7.97. The number of hydrogen-bond donors (Lipinski definition) is 2. The van der Waals surface area contributed by atoms with Crippen LogP contribution in [0.25, 0.3) is 11.0 Å². The highest BCUT2D eigenvalue weighted by Crippen LogP contribution is 2.12. The first-order valence-electron chi connectivity index (χ1n) is 6.06. The van der Waals surface area contributed by atoms with Crippen molar-refractivity contribution >= 4 is 16.9 Å². The standard InChI is InChI=1S/C12H12N6O3/c1-17-10-8(4-15-17)12(20)18(6-14-10)5-7-2-3-21-9(7)11(19)16-13/h2-4,6H,5,13H2,1H3,(H,16,19). The van der Waals surface area contributed by atoms with Crippen LogP contribution in [0.15, 0.2) is 34.1 Å². The first kappa shape index (κ1) is 13.1. The topological polar surface area (TPSA) is 121 Å². The number of nitrogens with zero attached hydrogens (tertiary/aromatic N) is 4. The van der Waals surface area contributed by atoms with Gasteiger partial charge in [0.05, 0.1) is 19.0 Å². The van der Waals surface area contributed by atoms with Gasteiger partial charge in [0, 0.05) is 12.6 Å². The maximum absolute atomic E-state index is 12.3. The largest absolute Gasteiger partial charge is 0.459 e. The normalized spacial score (nSPS) is 11.0. The van der Waals surface area contributed by atoms with E-state index in [1.54, 1.807) is 13.1 Å². The Balaban J connectivity index is 2.03. The predicted molar refractivity (Wildman–Crippen MR) is 72.2 cm³/mol. The number of aryl methyl sites for hydroxylation is 1. The minimum Gasteiger partial charge on any atom is -0.459 e. The van der Waals surface area contributed by atoms with Gasteiger partial charge in [0.15, 0.2) is 11.4 Å². The first-order chi connectivity index (χ1) is 10.1. The molecule has 0 aliphatic heterocycles. The van der Waals surface area contributed by atoms with E-state index in [4.69, 9.17) is 10.3 Å². The molecule has 108 valence electrons. The molecule has 3 rings (SSSR count). The smallest absolute Gasteiger partial charge is 0.301 e. The zero-order valence-electron chi connectivity index (χ0n) is 11.1. The molecule has 0 radical (unpaired) electrons. The van der Waals surface area contributed by atoms with E-state index in [0.29, 0.717) is 16.6 Å². The van der Waals surface area contributed by atoms with Gasteiger partial charge >= 0.3 is 5.91 Å². The van der Waals surface area contributed by atoms with Gasteiger partial charge in [0.25, 0.3) is 5.56 Å². The molecule has 0 saturated carbocycles. The van der Waals surface area contributed by atoms with Crippen LogP contribution in [0.1, 0.15) is 16.1 Å². The Labute approximate surface area is 117 Å². The Morgan fingerprint density at radius 2 is 2.33 bits per heavy atom. The lowest BCUT2D eigenvalue weighted by molar-refractivity contribution is 0.0924. The Bertz CT molecular complexity index is 875. The number of furan rings is 1. The zero-order chi connectivity index (χ0) is 15.0. The highest BCUT2D eigenvalue weighted by Gasteiger charge is 2.16. The second-order valence-corrected chi connectivity index (χ2v) is 4.43. The first-order valence-corrected chi connectivity index (χ1v) is 6.06. The molecular weight excluding hydrogens is 276 g/mol. The lowest BCUT2D eigenvalue weighted by Crippen LogP contribution is -2.31. The van der Waals surface area contributed by atoms with Crippen LogP contribution in [0, 0.1) is 0 Å². The van der Waals surface area contributed by atoms with Crippen molar-refractivity contribution in [1.82, 2.24) is 24.8 Å². The number of nitrogens with one attached hydrogen (secondary N) is 1. The number of carbonyl (C=O) groups excluding carboxylic acids is 1.